The van der Waals surface area contributed by atoms with Gasteiger partial charge in [0.15, 0.2) is 0 Å². The molecule has 36 heavy (non-hydrogen) atoms. The number of rotatable bonds is 4. The molecule has 0 spiro atoms. The fourth-order valence-electron chi connectivity index (χ4n) is 5.48. The molecule has 1 N–H and O–H groups in total. The summed E-state index contributed by atoms with van der Waals surface area (Å²) in [4.78, 5) is 35.0. The summed E-state index contributed by atoms with van der Waals surface area (Å²) in [6, 6.07) is 6.05. The minimum Gasteiger partial charge on any atom is -0.363 e. The Labute approximate surface area is 206 Å². The van der Waals surface area contributed by atoms with Gasteiger partial charge in [-0.05, 0) is 30.5 Å². The number of hydrogen-bond acceptors (Lipinski definition) is 5. The summed E-state index contributed by atoms with van der Waals surface area (Å²) in [5.74, 6) is -2.58. The molecule has 0 radical (unpaired) electrons. The lowest BCUT2D eigenvalue weighted by Crippen LogP contribution is -2.45. The second-order valence-corrected chi connectivity index (χ2v) is 9.80. The molecule has 1 saturated heterocycles. The summed E-state index contributed by atoms with van der Waals surface area (Å²) in [6.45, 7) is 3.76. The van der Waals surface area contributed by atoms with Crippen LogP contribution < -0.4 is 10.9 Å². The first-order valence-electron chi connectivity index (χ1n) is 12.1. The van der Waals surface area contributed by atoms with E-state index in [0.29, 0.717) is 22.4 Å². The molecule has 2 aromatic heterocycles. The normalized spacial score (nSPS) is 19.2. The Bertz CT molecular complexity index is 1410. The highest BCUT2D eigenvalue weighted by Gasteiger charge is 2.41. The van der Waals surface area contributed by atoms with Gasteiger partial charge in [0, 0.05) is 51.9 Å². The predicted molar refractivity (Wildman–Crippen MR) is 130 cm³/mol. The molecule has 0 saturated carbocycles. The van der Waals surface area contributed by atoms with E-state index in [1.54, 1.807) is 11.0 Å². The van der Waals surface area contributed by atoms with Gasteiger partial charge in [0.2, 0.25) is 5.91 Å². The van der Waals surface area contributed by atoms with Crippen molar-refractivity contribution in [2.24, 2.45) is 7.05 Å². The van der Waals surface area contributed by atoms with Gasteiger partial charge in [-0.1, -0.05) is 18.2 Å². The molecular formula is C26H28F3N5O2. The highest BCUT2D eigenvalue weighted by atomic mass is 19.3. The van der Waals surface area contributed by atoms with Crippen molar-refractivity contribution in [2.75, 3.05) is 18.4 Å². The summed E-state index contributed by atoms with van der Waals surface area (Å²) in [7, 11) is 1.54. The maximum atomic E-state index is 16.1. The van der Waals surface area contributed by atoms with Crippen LogP contribution in [0.15, 0.2) is 35.4 Å². The molecule has 1 aliphatic carbocycles. The molecule has 1 fully saturated rings. The Morgan fingerprint density at radius 3 is 2.53 bits per heavy atom. The molecule has 1 atom stereocenters. The van der Waals surface area contributed by atoms with E-state index >= 15 is 4.39 Å². The monoisotopic (exact) mass is 499 g/mol. The maximum Gasteiger partial charge on any atom is 0.273 e. The number of likely N-dealkylation sites (tertiary alicyclic amines) is 1. The zero-order chi connectivity index (χ0) is 25.8. The molecule has 1 aromatic carbocycles. The van der Waals surface area contributed by atoms with Crippen LogP contribution in [0.1, 0.15) is 61.4 Å². The van der Waals surface area contributed by atoms with Crippen LogP contribution in [0.4, 0.5) is 19.0 Å². The molecule has 3 aromatic rings. The van der Waals surface area contributed by atoms with Crippen LogP contribution in [0.2, 0.25) is 0 Å². The van der Waals surface area contributed by atoms with Gasteiger partial charge in [-0.15, -0.1) is 0 Å². The Hall–Kier alpha value is -3.43. The first-order chi connectivity index (χ1) is 17.0. The van der Waals surface area contributed by atoms with E-state index in [1.165, 1.54) is 37.0 Å². The number of benzene rings is 1. The van der Waals surface area contributed by atoms with Crippen molar-refractivity contribution in [3.05, 3.63) is 63.2 Å². The van der Waals surface area contributed by atoms with Crippen LogP contribution >= 0.6 is 0 Å². The van der Waals surface area contributed by atoms with Gasteiger partial charge in [-0.3, -0.25) is 14.2 Å². The number of halogens is 3. The Balaban J connectivity index is 1.53. The number of piperidine rings is 1. The molecule has 1 amide bonds. The second kappa shape index (κ2) is 8.60. The molecule has 190 valence electrons. The number of amides is 1. The minimum absolute atomic E-state index is 0.00597. The Kier molecular flexibility index (Phi) is 5.80. The van der Waals surface area contributed by atoms with Crippen molar-refractivity contribution in [3.63, 3.8) is 0 Å². The van der Waals surface area contributed by atoms with Crippen molar-refractivity contribution in [1.29, 1.82) is 0 Å². The lowest BCUT2D eigenvalue weighted by molar-refractivity contribution is -0.131. The molecule has 0 bridgehead atoms. The van der Waals surface area contributed by atoms with E-state index in [0.717, 1.165) is 5.56 Å². The lowest BCUT2D eigenvalue weighted by Gasteiger charge is -2.36. The van der Waals surface area contributed by atoms with Crippen LogP contribution in [0.25, 0.3) is 11.0 Å². The topological polar surface area (TPSA) is 80.1 Å². The Morgan fingerprint density at radius 2 is 1.83 bits per heavy atom. The average molecular weight is 500 g/mol. The number of alkyl halides is 3. The number of anilines is 1. The van der Waals surface area contributed by atoms with Crippen molar-refractivity contribution < 1.29 is 18.0 Å². The summed E-state index contributed by atoms with van der Waals surface area (Å²) >= 11 is 0. The van der Waals surface area contributed by atoms with Crippen LogP contribution in [-0.2, 0) is 29.9 Å². The number of hydrogen-bond donors (Lipinski definition) is 1. The predicted octanol–water partition coefficient (Wildman–Crippen LogP) is 4.35. The molecular weight excluding hydrogens is 471 g/mol. The summed E-state index contributed by atoms with van der Waals surface area (Å²) in [6.07, 6.45) is 1.43. The number of nitrogens with zero attached hydrogens (tertiary/aromatic N) is 4. The van der Waals surface area contributed by atoms with E-state index in [1.807, 2.05) is 13.0 Å². The van der Waals surface area contributed by atoms with Gasteiger partial charge >= 0.3 is 0 Å². The van der Waals surface area contributed by atoms with Crippen LogP contribution in [0.5, 0.6) is 0 Å². The summed E-state index contributed by atoms with van der Waals surface area (Å²) in [5, 5.41) is 3.75. The fraction of sp³-hybridized carbons (Fsp3) is 0.462. The van der Waals surface area contributed by atoms with E-state index in [9.17, 15) is 18.4 Å². The van der Waals surface area contributed by atoms with Crippen molar-refractivity contribution in [2.45, 2.75) is 57.2 Å². The van der Waals surface area contributed by atoms with E-state index in [4.69, 9.17) is 0 Å². The SMILES string of the molecule is CC(=O)N1CCC(F)(c2cc3c(N[C@H](C)c4cccc5c4CCC5(F)F)ncnc3n(C)c2=O)CC1. The summed E-state index contributed by atoms with van der Waals surface area (Å²) < 4.78 is 46.0. The van der Waals surface area contributed by atoms with Crippen LogP contribution in [-0.4, -0.2) is 38.4 Å². The minimum atomic E-state index is -2.84. The number of aromatic nitrogens is 3. The van der Waals surface area contributed by atoms with Gasteiger partial charge < -0.3 is 10.2 Å². The molecule has 7 nitrogen and oxygen atoms in total. The first kappa shape index (κ1) is 24.3. The molecule has 5 rings (SSSR count). The number of aryl methyl sites for hydroxylation is 1. The van der Waals surface area contributed by atoms with Crippen molar-refractivity contribution >= 4 is 22.8 Å². The standard InChI is InChI=1S/C26H28F3N5O2/c1-15(17-5-4-6-20-18(17)7-8-26(20,28)29)32-22-19-13-21(24(36)33(3)23(19)31-14-30-22)25(27)9-11-34(12-10-25)16(2)35/h4-6,13-15H,7-12H2,1-3H3,(H,30,31,32)/t15-/m1/s1. The number of carbonyl (C=O) groups is 1. The number of nitrogens with one attached hydrogen (secondary N) is 1. The molecule has 1 aliphatic heterocycles. The smallest absolute Gasteiger partial charge is 0.273 e. The number of fused-ring (bicyclic) bond motifs is 2. The van der Waals surface area contributed by atoms with Crippen molar-refractivity contribution in [3.8, 4) is 0 Å². The van der Waals surface area contributed by atoms with E-state index < -0.39 is 17.2 Å². The molecule has 2 aliphatic rings. The maximum absolute atomic E-state index is 16.1. The number of carbonyl (C=O) groups excluding carboxylic acids is 1. The van der Waals surface area contributed by atoms with Gasteiger partial charge in [-0.2, -0.15) is 0 Å². The third-order valence-corrected chi connectivity index (χ3v) is 7.60. The molecule has 3 heterocycles. The van der Waals surface area contributed by atoms with E-state index in [-0.39, 0.29) is 61.8 Å². The quantitative estimate of drug-likeness (QED) is 0.578. The van der Waals surface area contributed by atoms with Crippen LogP contribution in [0, 0.1) is 0 Å². The average Bonchev–Trinajstić information content (AvgIpc) is 3.16. The zero-order valence-electron chi connectivity index (χ0n) is 20.4. The van der Waals surface area contributed by atoms with Crippen LogP contribution in [0.3, 0.4) is 0 Å². The van der Waals surface area contributed by atoms with Gasteiger partial charge in [-0.25, -0.2) is 23.1 Å². The van der Waals surface area contributed by atoms with Crippen molar-refractivity contribution in [1.82, 2.24) is 19.4 Å². The zero-order valence-corrected chi connectivity index (χ0v) is 20.4. The Morgan fingerprint density at radius 1 is 1.11 bits per heavy atom. The first-order valence-corrected chi connectivity index (χ1v) is 12.1. The summed E-state index contributed by atoms with van der Waals surface area (Å²) in [5.41, 5.74) is -0.591. The highest BCUT2D eigenvalue weighted by Crippen LogP contribution is 2.44. The number of pyridine rings is 1. The van der Waals surface area contributed by atoms with Gasteiger partial charge in [0.25, 0.3) is 11.5 Å². The highest BCUT2D eigenvalue weighted by molar-refractivity contribution is 5.87. The molecule has 10 heteroatoms. The van der Waals surface area contributed by atoms with Gasteiger partial charge in [0.05, 0.1) is 17.0 Å². The third-order valence-electron chi connectivity index (χ3n) is 7.60. The van der Waals surface area contributed by atoms with E-state index in [2.05, 4.69) is 15.3 Å². The largest absolute Gasteiger partial charge is 0.363 e. The molecule has 0 unspecified atom stereocenters. The third kappa shape index (κ3) is 3.92. The second-order valence-electron chi connectivity index (χ2n) is 9.80. The van der Waals surface area contributed by atoms with Gasteiger partial charge in [0.1, 0.15) is 23.5 Å². The lowest BCUT2D eigenvalue weighted by atomic mass is 9.86. The fourth-order valence-corrected chi connectivity index (χ4v) is 5.48.